The summed E-state index contributed by atoms with van der Waals surface area (Å²) in [5.74, 6) is 7.36. The second kappa shape index (κ2) is 15.7. The molecule has 1 N–H and O–H groups in total. The van der Waals surface area contributed by atoms with E-state index in [-0.39, 0.29) is 30.6 Å². The highest BCUT2D eigenvalue weighted by molar-refractivity contribution is 7.95. The standard InChI is InChI=1S/C33H34O3P.HI/c1-35-30-23-21-28(22-24-30)26-36-27-29(34)14-6-5-13-25-37(31-15-7-2-8-16-31,32-17-9-3-10-18-32)33-19-11-4-12-20-33;/h2-4,7-12,15-24,29,34H,13-14,25-27H2,1H3;1H/q+1;/p-1/t29-;/m1./s1. The highest BCUT2D eigenvalue weighted by Crippen LogP contribution is 2.55. The van der Waals surface area contributed by atoms with E-state index in [9.17, 15) is 5.11 Å². The van der Waals surface area contributed by atoms with Crippen LogP contribution in [0.5, 0.6) is 5.75 Å². The maximum absolute atomic E-state index is 10.4. The zero-order valence-electron chi connectivity index (χ0n) is 21.7. The van der Waals surface area contributed by atoms with Gasteiger partial charge in [-0.05, 0) is 54.1 Å². The molecule has 3 nitrogen and oxygen atoms in total. The summed E-state index contributed by atoms with van der Waals surface area (Å²) in [4.78, 5) is 0. The smallest absolute Gasteiger partial charge is 0.118 e. The molecule has 1 atom stereocenters. The maximum Gasteiger partial charge on any atom is 0.118 e. The number of rotatable bonds is 11. The number of aliphatic hydroxyl groups excluding tert-OH is 1. The Kier molecular flexibility index (Phi) is 12.3. The van der Waals surface area contributed by atoms with Gasteiger partial charge in [0.05, 0.1) is 32.6 Å². The Morgan fingerprint density at radius 1 is 0.711 bits per heavy atom. The summed E-state index contributed by atoms with van der Waals surface area (Å²) in [6.07, 6.45) is 1.49. The molecule has 0 aliphatic heterocycles. The molecule has 0 heterocycles. The number of methoxy groups -OCH3 is 1. The third kappa shape index (κ3) is 7.91. The summed E-state index contributed by atoms with van der Waals surface area (Å²) < 4.78 is 10.9. The van der Waals surface area contributed by atoms with Gasteiger partial charge in [-0.3, -0.25) is 0 Å². The van der Waals surface area contributed by atoms with Crippen molar-refractivity contribution in [2.24, 2.45) is 0 Å². The van der Waals surface area contributed by atoms with E-state index < -0.39 is 13.4 Å². The van der Waals surface area contributed by atoms with Crippen molar-refractivity contribution in [2.45, 2.75) is 25.6 Å². The predicted octanol–water partition coefficient (Wildman–Crippen LogP) is 2.35. The molecule has 0 amide bonds. The molecule has 0 bridgehead atoms. The number of ether oxygens (including phenoxy) is 2. The van der Waals surface area contributed by atoms with E-state index in [2.05, 4.69) is 103 Å². The molecule has 0 aliphatic carbocycles. The van der Waals surface area contributed by atoms with Crippen LogP contribution in [0.3, 0.4) is 0 Å². The number of benzene rings is 4. The fourth-order valence-corrected chi connectivity index (χ4v) is 8.64. The topological polar surface area (TPSA) is 38.7 Å². The van der Waals surface area contributed by atoms with Crippen molar-refractivity contribution in [3.8, 4) is 17.6 Å². The zero-order chi connectivity index (χ0) is 25.8. The van der Waals surface area contributed by atoms with Crippen molar-refractivity contribution < 1.29 is 38.6 Å². The van der Waals surface area contributed by atoms with E-state index >= 15 is 0 Å². The summed E-state index contributed by atoms with van der Waals surface area (Å²) in [6.45, 7) is 0.711. The van der Waals surface area contributed by atoms with Crippen LogP contribution in [0.25, 0.3) is 0 Å². The van der Waals surface area contributed by atoms with E-state index in [0.717, 1.165) is 23.9 Å². The lowest BCUT2D eigenvalue weighted by Gasteiger charge is -2.27. The zero-order valence-corrected chi connectivity index (χ0v) is 24.7. The molecular formula is C33H34IO3P. The fourth-order valence-electron chi connectivity index (χ4n) is 4.48. The van der Waals surface area contributed by atoms with Gasteiger partial charge in [-0.15, -0.1) is 5.92 Å². The molecule has 0 aromatic heterocycles. The van der Waals surface area contributed by atoms with Crippen LogP contribution in [-0.4, -0.2) is 31.1 Å². The first-order chi connectivity index (χ1) is 18.2. The Morgan fingerprint density at radius 3 is 1.68 bits per heavy atom. The summed E-state index contributed by atoms with van der Waals surface area (Å²) >= 11 is 0. The molecule has 0 radical (unpaired) electrons. The van der Waals surface area contributed by atoms with Crippen LogP contribution in [0.4, 0.5) is 0 Å². The first-order valence-electron chi connectivity index (χ1n) is 12.6. The van der Waals surface area contributed by atoms with Gasteiger partial charge in [0.1, 0.15) is 28.9 Å². The molecule has 196 valence electrons. The lowest BCUT2D eigenvalue weighted by molar-refractivity contribution is -0.0000102. The van der Waals surface area contributed by atoms with Gasteiger partial charge in [-0.2, -0.15) is 0 Å². The molecule has 0 saturated carbocycles. The monoisotopic (exact) mass is 636 g/mol. The Hall–Kier alpha value is -2.68. The van der Waals surface area contributed by atoms with Gasteiger partial charge in [-0.1, -0.05) is 72.7 Å². The molecule has 4 aromatic carbocycles. The fraction of sp³-hybridized carbons (Fsp3) is 0.212. The van der Waals surface area contributed by atoms with Gasteiger partial charge in [0.2, 0.25) is 0 Å². The minimum atomic E-state index is -1.87. The van der Waals surface area contributed by atoms with E-state index in [1.807, 2.05) is 24.3 Å². The van der Waals surface area contributed by atoms with E-state index in [0.29, 0.717) is 13.0 Å². The van der Waals surface area contributed by atoms with Gasteiger partial charge >= 0.3 is 0 Å². The predicted molar refractivity (Wildman–Crippen MR) is 156 cm³/mol. The van der Waals surface area contributed by atoms with Gasteiger partial charge in [0, 0.05) is 12.8 Å². The summed E-state index contributed by atoms with van der Waals surface area (Å²) in [6, 6.07) is 40.3. The number of hydrogen-bond donors (Lipinski definition) is 1. The highest BCUT2D eigenvalue weighted by atomic mass is 127. The van der Waals surface area contributed by atoms with Gasteiger partial charge in [0.15, 0.2) is 0 Å². The second-order valence-corrected chi connectivity index (χ2v) is 12.5. The van der Waals surface area contributed by atoms with Crippen LogP contribution in [0.15, 0.2) is 115 Å². The van der Waals surface area contributed by atoms with Crippen LogP contribution in [0.1, 0.15) is 18.4 Å². The number of aliphatic hydroxyl groups is 1. The Bertz CT molecular complexity index is 1170. The number of halogens is 1. The summed E-state index contributed by atoms with van der Waals surface area (Å²) in [7, 11) is -0.225. The van der Waals surface area contributed by atoms with Crippen molar-refractivity contribution in [3.05, 3.63) is 121 Å². The average Bonchev–Trinajstić information content (AvgIpc) is 2.97. The molecular weight excluding hydrogens is 602 g/mol. The molecule has 4 aromatic rings. The maximum atomic E-state index is 10.4. The number of hydrogen-bond acceptors (Lipinski definition) is 3. The van der Waals surface area contributed by atoms with Crippen LogP contribution in [0, 0.1) is 11.8 Å². The second-order valence-electron chi connectivity index (χ2n) is 8.86. The third-order valence-electron chi connectivity index (χ3n) is 6.36. The largest absolute Gasteiger partial charge is 1.00 e. The van der Waals surface area contributed by atoms with Crippen molar-refractivity contribution in [2.75, 3.05) is 19.9 Å². The lowest BCUT2D eigenvalue weighted by atomic mass is 10.2. The van der Waals surface area contributed by atoms with E-state index in [1.165, 1.54) is 15.9 Å². The van der Waals surface area contributed by atoms with Crippen molar-refractivity contribution >= 4 is 23.2 Å². The van der Waals surface area contributed by atoms with Crippen LogP contribution in [-0.2, 0) is 11.3 Å². The Morgan fingerprint density at radius 2 is 1.21 bits per heavy atom. The Labute approximate surface area is 244 Å². The quantitative estimate of drug-likeness (QED) is 0.156. The summed E-state index contributed by atoms with van der Waals surface area (Å²) in [5, 5.41) is 14.4. The molecule has 0 aliphatic rings. The minimum absolute atomic E-state index is 0. The van der Waals surface area contributed by atoms with Gasteiger partial charge in [-0.25, -0.2) is 0 Å². The Balaban J connectivity index is 0.00000400. The van der Waals surface area contributed by atoms with Gasteiger partial charge in [0.25, 0.3) is 0 Å². The average molecular weight is 637 g/mol. The first kappa shape index (κ1) is 29.9. The SMILES string of the molecule is COc1ccc(COC[C@H](O)CC#CCC[P+](c2ccccc2)(c2ccccc2)c2ccccc2)cc1.[I-]. The van der Waals surface area contributed by atoms with E-state index in [4.69, 9.17) is 9.47 Å². The minimum Gasteiger partial charge on any atom is -1.00 e. The third-order valence-corrected chi connectivity index (χ3v) is 10.8. The van der Waals surface area contributed by atoms with Crippen molar-refractivity contribution in [1.29, 1.82) is 0 Å². The lowest BCUT2D eigenvalue weighted by Crippen LogP contribution is -3.00. The molecule has 38 heavy (non-hydrogen) atoms. The molecule has 0 fully saturated rings. The van der Waals surface area contributed by atoms with Crippen LogP contribution >= 0.6 is 7.26 Å². The molecule has 0 saturated heterocycles. The molecule has 4 rings (SSSR count). The summed E-state index contributed by atoms with van der Waals surface area (Å²) in [5.41, 5.74) is 1.04. The molecule has 0 spiro atoms. The first-order valence-corrected chi connectivity index (χ1v) is 14.6. The van der Waals surface area contributed by atoms with Crippen molar-refractivity contribution in [1.82, 2.24) is 0 Å². The molecule has 0 unspecified atom stereocenters. The van der Waals surface area contributed by atoms with Crippen LogP contribution in [0.2, 0.25) is 0 Å². The van der Waals surface area contributed by atoms with Gasteiger partial charge < -0.3 is 38.6 Å². The normalized spacial score (nSPS) is 11.5. The van der Waals surface area contributed by atoms with Crippen LogP contribution < -0.4 is 44.6 Å². The highest BCUT2D eigenvalue weighted by Gasteiger charge is 2.44. The molecule has 5 heteroatoms. The van der Waals surface area contributed by atoms with Crippen molar-refractivity contribution in [3.63, 3.8) is 0 Å². The van der Waals surface area contributed by atoms with E-state index in [1.54, 1.807) is 7.11 Å².